The fourth-order valence-electron chi connectivity index (χ4n) is 4.21. The van der Waals surface area contributed by atoms with E-state index < -0.39 is 0 Å². The minimum absolute atomic E-state index is 0.265. The zero-order chi connectivity index (χ0) is 24.4. The Hall–Kier alpha value is -3.25. The molecule has 1 N–H and O–H groups in total. The highest BCUT2D eigenvalue weighted by molar-refractivity contribution is 6.40. The maximum absolute atomic E-state index is 13.5. The number of aromatic nitrogens is 2. The lowest BCUT2D eigenvalue weighted by Crippen LogP contribution is -2.13. The Bertz CT molecular complexity index is 1510. The first-order chi connectivity index (χ1) is 17.1. The van der Waals surface area contributed by atoms with Crippen LogP contribution in [0.4, 0.5) is 5.69 Å². The van der Waals surface area contributed by atoms with Crippen molar-refractivity contribution >= 4 is 68.2 Å². The van der Waals surface area contributed by atoms with Gasteiger partial charge in [0, 0.05) is 40.8 Å². The molecule has 2 heterocycles. The van der Waals surface area contributed by atoms with E-state index in [0.29, 0.717) is 36.0 Å². The van der Waals surface area contributed by atoms with E-state index in [4.69, 9.17) is 39.5 Å². The van der Waals surface area contributed by atoms with Gasteiger partial charge in [0.25, 0.3) is 5.91 Å². The monoisotopic (exact) mass is 523 g/mol. The number of carbonyl (C=O) groups excluding carboxylic acids is 1. The van der Waals surface area contributed by atoms with Crippen molar-refractivity contribution in [1.82, 2.24) is 9.55 Å². The molecule has 1 amide bonds. The second-order valence-electron chi connectivity index (χ2n) is 7.92. The van der Waals surface area contributed by atoms with Crippen LogP contribution in [0.1, 0.15) is 15.9 Å². The number of carbonyl (C=O) groups is 1. The molecule has 0 radical (unpaired) electrons. The number of rotatable bonds is 7. The predicted molar refractivity (Wildman–Crippen MR) is 143 cm³/mol. The first-order valence-electron chi connectivity index (χ1n) is 10.9. The summed E-state index contributed by atoms with van der Waals surface area (Å²) in [5.41, 5.74) is 3.89. The highest BCUT2D eigenvalue weighted by Gasteiger charge is 2.20. The van der Waals surface area contributed by atoms with Gasteiger partial charge in [0.05, 0.1) is 27.1 Å². The molecule has 2 aromatic heterocycles. The largest absolute Gasteiger partial charge is 0.492 e. The number of anilines is 1. The normalized spacial score (nSPS) is 11.2. The Balaban J connectivity index is 1.68. The number of halogens is 3. The molecule has 0 aliphatic heterocycles. The van der Waals surface area contributed by atoms with Crippen molar-refractivity contribution in [3.05, 3.63) is 100 Å². The molecule has 3 aromatic carbocycles. The summed E-state index contributed by atoms with van der Waals surface area (Å²) in [5, 5.41) is 5.11. The van der Waals surface area contributed by atoms with E-state index in [2.05, 4.69) is 27.0 Å². The molecule has 0 bridgehead atoms. The van der Waals surface area contributed by atoms with Crippen molar-refractivity contribution < 1.29 is 9.53 Å². The van der Waals surface area contributed by atoms with Crippen LogP contribution in [0.25, 0.3) is 21.8 Å². The summed E-state index contributed by atoms with van der Waals surface area (Å²) < 4.78 is 7.99. The maximum atomic E-state index is 13.5. The average molecular weight is 525 g/mol. The first-order valence-corrected chi connectivity index (χ1v) is 12.2. The van der Waals surface area contributed by atoms with Crippen molar-refractivity contribution in [3.63, 3.8) is 0 Å². The van der Waals surface area contributed by atoms with Gasteiger partial charge in [-0.3, -0.25) is 9.78 Å². The third kappa shape index (κ3) is 4.67. The molecule has 0 spiro atoms. The molecule has 35 heavy (non-hydrogen) atoms. The van der Waals surface area contributed by atoms with Gasteiger partial charge in [-0.2, -0.15) is 0 Å². The lowest BCUT2D eigenvalue weighted by Gasteiger charge is -2.10. The number of benzene rings is 3. The summed E-state index contributed by atoms with van der Waals surface area (Å²) in [5.74, 6) is 0.748. The zero-order valence-corrected chi connectivity index (χ0v) is 20.7. The molecule has 0 unspecified atom stereocenters. The van der Waals surface area contributed by atoms with E-state index in [1.54, 1.807) is 6.07 Å². The summed E-state index contributed by atoms with van der Waals surface area (Å²) >= 11 is 18.3. The minimum Gasteiger partial charge on any atom is -0.492 e. The standard InChI is InChI=1S/C27H20Cl3N3O2/c28-11-12-35-18-9-10-23-20(13-18)25-19(27(34)32-26-21(29)14-31-15-22(26)30)7-4-8-24(25)33(23)16-17-5-2-1-3-6-17/h1-10,13-15H,11-12,16H2,(H,31,32,34). The molecule has 0 atom stereocenters. The molecule has 5 rings (SSSR count). The van der Waals surface area contributed by atoms with E-state index in [-0.39, 0.29) is 16.0 Å². The summed E-state index contributed by atoms with van der Waals surface area (Å²) in [6, 6.07) is 21.8. The summed E-state index contributed by atoms with van der Waals surface area (Å²) in [6.45, 7) is 1.04. The van der Waals surface area contributed by atoms with E-state index in [0.717, 1.165) is 27.4 Å². The lowest BCUT2D eigenvalue weighted by atomic mass is 10.1. The van der Waals surface area contributed by atoms with E-state index in [9.17, 15) is 4.79 Å². The van der Waals surface area contributed by atoms with Crippen LogP contribution in [0.3, 0.4) is 0 Å². The number of ether oxygens (including phenoxy) is 1. The average Bonchev–Trinajstić information content (AvgIpc) is 3.18. The van der Waals surface area contributed by atoms with Crippen LogP contribution in [-0.2, 0) is 6.54 Å². The smallest absolute Gasteiger partial charge is 0.256 e. The van der Waals surface area contributed by atoms with E-state index >= 15 is 0 Å². The minimum atomic E-state index is -0.323. The van der Waals surface area contributed by atoms with Crippen LogP contribution >= 0.6 is 34.8 Å². The molecular weight excluding hydrogens is 505 g/mol. The van der Waals surface area contributed by atoms with Gasteiger partial charge in [0.1, 0.15) is 12.4 Å². The van der Waals surface area contributed by atoms with Crippen LogP contribution in [0, 0.1) is 0 Å². The second-order valence-corrected chi connectivity index (χ2v) is 9.11. The Morgan fingerprint density at radius 3 is 2.46 bits per heavy atom. The lowest BCUT2D eigenvalue weighted by molar-refractivity contribution is 0.102. The van der Waals surface area contributed by atoms with Gasteiger partial charge in [-0.05, 0) is 35.9 Å². The number of hydrogen-bond donors (Lipinski definition) is 1. The van der Waals surface area contributed by atoms with Crippen LogP contribution in [0.2, 0.25) is 10.0 Å². The highest BCUT2D eigenvalue weighted by atomic mass is 35.5. The van der Waals surface area contributed by atoms with Gasteiger partial charge in [-0.25, -0.2) is 0 Å². The van der Waals surface area contributed by atoms with Gasteiger partial charge in [-0.1, -0.05) is 59.6 Å². The second kappa shape index (κ2) is 10.2. The van der Waals surface area contributed by atoms with Gasteiger partial charge in [-0.15, -0.1) is 11.6 Å². The molecule has 8 heteroatoms. The molecule has 0 saturated heterocycles. The van der Waals surface area contributed by atoms with Crippen LogP contribution < -0.4 is 10.1 Å². The first kappa shape index (κ1) is 23.5. The van der Waals surface area contributed by atoms with Crippen molar-refractivity contribution in [2.75, 3.05) is 17.8 Å². The van der Waals surface area contributed by atoms with Gasteiger partial charge in [0.15, 0.2) is 0 Å². The molecule has 0 saturated carbocycles. The Kier molecular flexibility index (Phi) is 6.82. The van der Waals surface area contributed by atoms with Crippen molar-refractivity contribution in [1.29, 1.82) is 0 Å². The number of nitrogens with zero attached hydrogens (tertiary/aromatic N) is 2. The number of alkyl halides is 1. The molecule has 5 nitrogen and oxygen atoms in total. The third-order valence-corrected chi connectivity index (χ3v) is 6.45. The Labute approximate surface area is 217 Å². The topological polar surface area (TPSA) is 56.1 Å². The number of nitrogens with one attached hydrogen (secondary N) is 1. The summed E-state index contributed by atoms with van der Waals surface area (Å²) in [6.07, 6.45) is 2.88. The SMILES string of the molecule is O=C(Nc1c(Cl)cncc1Cl)c1cccc2c1c1cc(OCCCl)ccc1n2Cc1ccccc1. The maximum Gasteiger partial charge on any atom is 0.256 e. The Morgan fingerprint density at radius 1 is 0.943 bits per heavy atom. The Morgan fingerprint density at radius 2 is 1.71 bits per heavy atom. The predicted octanol–water partition coefficient (Wildman–Crippen LogP) is 7.41. The van der Waals surface area contributed by atoms with Gasteiger partial charge in [0.2, 0.25) is 0 Å². The van der Waals surface area contributed by atoms with Gasteiger partial charge >= 0.3 is 0 Å². The van der Waals surface area contributed by atoms with Crippen LogP contribution in [0.15, 0.2) is 79.1 Å². The molecule has 176 valence electrons. The third-order valence-electron chi connectivity index (χ3n) is 5.73. The number of fused-ring (bicyclic) bond motifs is 3. The fraction of sp³-hybridized carbons (Fsp3) is 0.111. The number of hydrogen-bond acceptors (Lipinski definition) is 3. The van der Waals surface area contributed by atoms with E-state index in [1.165, 1.54) is 12.4 Å². The summed E-state index contributed by atoms with van der Waals surface area (Å²) in [7, 11) is 0. The number of pyridine rings is 1. The number of amides is 1. The molecule has 0 aliphatic rings. The highest BCUT2D eigenvalue weighted by Crippen LogP contribution is 2.36. The quantitative estimate of drug-likeness (QED) is 0.225. The molecule has 0 fully saturated rings. The van der Waals surface area contributed by atoms with Crippen molar-refractivity contribution in [2.24, 2.45) is 0 Å². The van der Waals surface area contributed by atoms with Crippen LogP contribution in [-0.4, -0.2) is 27.9 Å². The summed E-state index contributed by atoms with van der Waals surface area (Å²) in [4.78, 5) is 17.4. The molecule has 5 aromatic rings. The zero-order valence-electron chi connectivity index (χ0n) is 18.5. The van der Waals surface area contributed by atoms with Gasteiger partial charge < -0.3 is 14.6 Å². The van der Waals surface area contributed by atoms with Crippen LogP contribution in [0.5, 0.6) is 5.75 Å². The van der Waals surface area contributed by atoms with E-state index in [1.807, 2.05) is 48.5 Å². The van der Waals surface area contributed by atoms with Crippen molar-refractivity contribution in [2.45, 2.75) is 6.54 Å². The fourth-order valence-corrected chi connectivity index (χ4v) is 4.75. The molecule has 0 aliphatic carbocycles. The molecular formula is C27H20Cl3N3O2. The van der Waals surface area contributed by atoms with Crippen molar-refractivity contribution in [3.8, 4) is 5.75 Å².